The molecule has 0 N–H and O–H groups in total. The largest absolute Gasteiger partial charge is 0.462 e. The zero-order chi connectivity index (χ0) is 55.7. The lowest BCUT2D eigenvalue weighted by molar-refractivity contribution is -0.167. The molecule has 0 fully saturated rings. The summed E-state index contributed by atoms with van der Waals surface area (Å²) < 4.78 is 16.9. The molecule has 0 aromatic heterocycles. The first-order valence-corrected chi connectivity index (χ1v) is 31.3. The third-order valence-electron chi connectivity index (χ3n) is 12.8. The van der Waals surface area contributed by atoms with Crippen molar-refractivity contribution >= 4 is 17.9 Å². The average molecular weight is 1060 g/mol. The van der Waals surface area contributed by atoms with Crippen molar-refractivity contribution in [2.75, 3.05) is 13.2 Å². The summed E-state index contributed by atoms with van der Waals surface area (Å²) in [7, 11) is 0. The van der Waals surface area contributed by atoms with E-state index in [1.807, 2.05) is 0 Å². The van der Waals surface area contributed by atoms with Crippen molar-refractivity contribution in [3.63, 3.8) is 0 Å². The number of esters is 3. The van der Waals surface area contributed by atoms with Gasteiger partial charge in [0.05, 0.1) is 0 Å². The molecule has 0 saturated heterocycles. The molecule has 0 spiro atoms. The third kappa shape index (κ3) is 62.0. The van der Waals surface area contributed by atoms with Crippen LogP contribution in [0.2, 0.25) is 0 Å². The predicted molar refractivity (Wildman–Crippen MR) is 334 cm³/mol. The summed E-state index contributed by atoms with van der Waals surface area (Å²) in [4.78, 5) is 38.3. The Hall–Kier alpha value is -4.71. The van der Waals surface area contributed by atoms with Crippen LogP contribution in [0.1, 0.15) is 265 Å². The number of carbonyl (C=O) groups is 3. The van der Waals surface area contributed by atoms with Crippen LogP contribution < -0.4 is 0 Å². The van der Waals surface area contributed by atoms with E-state index in [1.54, 1.807) is 0 Å². The summed E-state index contributed by atoms with van der Waals surface area (Å²) in [6, 6.07) is 0. The van der Waals surface area contributed by atoms with Crippen molar-refractivity contribution in [2.45, 2.75) is 271 Å². The minimum atomic E-state index is -0.812. The summed E-state index contributed by atoms with van der Waals surface area (Å²) in [6.07, 6.45) is 91.3. The van der Waals surface area contributed by atoms with E-state index in [9.17, 15) is 14.4 Å². The van der Waals surface area contributed by atoms with Crippen molar-refractivity contribution in [3.05, 3.63) is 146 Å². The molecular weight excluding hydrogens is 949 g/mol. The van der Waals surface area contributed by atoms with E-state index in [4.69, 9.17) is 14.2 Å². The number of hydrogen-bond donors (Lipinski definition) is 0. The molecule has 0 aliphatic heterocycles. The second-order valence-electron chi connectivity index (χ2n) is 20.2. The molecule has 0 heterocycles. The van der Waals surface area contributed by atoms with E-state index in [0.717, 1.165) is 154 Å². The molecule has 0 aliphatic carbocycles. The molecule has 0 aliphatic rings. The first-order chi connectivity index (χ1) is 38.0. The highest BCUT2D eigenvalue weighted by Gasteiger charge is 2.19. The molecule has 434 valence electrons. The van der Waals surface area contributed by atoms with Gasteiger partial charge in [-0.25, -0.2) is 0 Å². The highest BCUT2D eigenvalue weighted by Crippen LogP contribution is 2.14. The van der Waals surface area contributed by atoms with Crippen molar-refractivity contribution in [1.29, 1.82) is 0 Å². The Balaban J connectivity index is 4.46. The van der Waals surface area contributed by atoms with Crippen LogP contribution in [0.3, 0.4) is 0 Å². The quantitative estimate of drug-likeness (QED) is 0.0261. The molecule has 77 heavy (non-hydrogen) atoms. The zero-order valence-electron chi connectivity index (χ0n) is 49.7. The van der Waals surface area contributed by atoms with Gasteiger partial charge in [0.25, 0.3) is 0 Å². The van der Waals surface area contributed by atoms with Crippen LogP contribution in [-0.4, -0.2) is 37.2 Å². The summed E-state index contributed by atoms with van der Waals surface area (Å²) in [6.45, 7) is 6.34. The summed E-state index contributed by atoms with van der Waals surface area (Å²) >= 11 is 0. The number of rotatable bonds is 55. The number of unbranched alkanes of at least 4 members (excludes halogenated alkanes) is 20. The van der Waals surface area contributed by atoms with Crippen LogP contribution in [0.15, 0.2) is 146 Å². The molecule has 0 aromatic carbocycles. The van der Waals surface area contributed by atoms with Crippen molar-refractivity contribution < 1.29 is 28.6 Å². The predicted octanol–water partition coefficient (Wildman–Crippen LogP) is 21.5. The van der Waals surface area contributed by atoms with Gasteiger partial charge in [-0.1, -0.05) is 250 Å². The highest BCUT2D eigenvalue weighted by molar-refractivity contribution is 5.71. The SMILES string of the molecule is CC/C=C\C/C=C\C/C=C\C/C=C\C/C=C\CCCCCCCCCCCC(=O)OCC(COC(=O)CCCCCCC/C=C\C/C=C\CCCCC)OC(=O)CCCCC/C=C\C/C=C\C/C=C\C/C=C\C/C=C\CC. The Morgan fingerprint density at radius 2 is 0.506 bits per heavy atom. The van der Waals surface area contributed by atoms with Gasteiger partial charge < -0.3 is 14.2 Å². The Morgan fingerprint density at radius 3 is 0.805 bits per heavy atom. The Bertz CT molecular complexity index is 1700. The van der Waals surface area contributed by atoms with Gasteiger partial charge in [-0.2, -0.15) is 0 Å². The van der Waals surface area contributed by atoms with Crippen molar-refractivity contribution in [3.8, 4) is 0 Å². The maximum absolute atomic E-state index is 12.9. The normalized spacial score (nSPS) is 13.1. The number of allylic oxidation sites excluding steroid dienone is 24. The molecule has 1 unspecified atom stereocenters. The summed E-state index contributed by atoms with van der Waals surface area (Å²) in [5, 5.41) is 0. The minimum absolute atomic E-state index is 0.104. The molecule has 0 bridgehead atoms. The maximum Gasteiger partial charge on any atom is 0.306 e. The third-order valence-corrected chi connectivity index (χ3v) is 12.8. The molecule has 0 saturated carbocycles. The van der Waals surface area contributed by atoms with Gasteiger partial charge in [0, 0.05) is 19.3 Å². The van der Waals surface area contributed by atoms with E-state index in [1.165, 1.54) is 64.2 Å². The number of carbonyl (C=O) groups excluding carboxylic acids is 3. The van der Waals surface area contributed by atoms with Crippen LogP contribution in [0.5, 0.6) is 0 Å². The van der Waals surface area contributed by atoms with E-state index in [2.05, 4.69) is 167 Å². The first kappa shape index (κ1) is 72.3. The van der Waals surface area contributed by atoms with E-state index in [-0.39, 0.29) is 37.5 Å². The maximum atomic E-state index is 12.9. The van der Waals surface area contributed by atoms with Gasteiger partial charge in [-0.05, 0) is 141 Å². The Morgan fingerprint density at radius 1 is 0.273 bits per heavy atom. The van der Waals surface area contributed by atoms with Gasteiger partial charge in [-0.3, -0.25) is 14.4 Å². The summed E-state index contributed by atoms with van der Waals surface area (Å²) in [5.74, 6) is -0.958. The topological polar surface area (TPSA) is 78.9 Å². The smallest absolute Gasteiger partial charge is 0.306 e. The lowest BCUT2D eigenvalue weighted by Crippen LogP contribution is -2.30. The van der Waals surface area contributed by atoms with Crippen molar-refractivity contribution in [1.82, 2.24) is 0 Å². The first-order valence-electron chi connectivity index (χ1n) is 31.3. The molecule has 6 heteroatoms. The molecule has 0 radical (unpaired) electrons. The zero-order valence-corrected chi connectivity index (χ0v) is 49.7. The fourth-order valence-corrected chi connectivity index (χ4v) is 8.17. The molecular formula is C71H114O6. The van der Waals surface area contributed by atoms with Gasteiger partial charge in [-0.15, -0.1) is 0 Å². The highest BCUT2D eigenvalue weighted by atomic mass is 16.6. The second-order valence-corrected chi connectivity index (χ2v) is 20.2. The standard InChI is InChI=1S/C71H114O6/c1-4-7-10-13-16-19-22-25-28-30-32-33-34-35-36-37-39-40-43-46-49-52-55-58-61-64-70(73)76-67-68(66-75-69(72)63-60-57-54-51-48-45-42-27-24-21-18-15-12-9-6-3)77-71(74)65-62-59-56-53-50-47-44-41-38-31-29-26-23-20-17-14-11-8-5-2/h7-8,10-11,16-21,25-29,32-33,35-36,38,41-42,47,50,68H,4-6,9,12-15,22-24,30-31,34,37,39-40,43-46,48-49,51-67H2,1-3H3/b10-7-,11-8-,19-16-,20-17-,21-18-,28-25-,29-26-,33-32-,36-35-,41-38-,42-27-,50-47-. The fraction of sp³-hybridized carbons (Fsp3) is 0.620. The number of hydrogen-bond acceptors (Lipinski definition) is 6. The van der Waals surface area contributed by atoms with Crippen LogP contribution in [0.4, 0.5) is 0 Å². The fourth-order valence-electron chi connectivity index (χ4n) is 8.17. The second kappa shape index (κ2) is 63.8. The van der Waals surface area contributed by atoms with Gasteiger partial charge in [0.15, 0.2) is 6.10 Å². The molecule has 0 amide bonds. The van der Waals surface area contributed by atoms with Crippen LogP contribution in [-0.2, 0) is 28.6 Å². The van der Waals surface area contributed by atoms with Crippen molar-refractivity contribution in [2.24, 2.45) is 0 Å². The lowest BCUT2D eigenvalue weighted by Gasteiger charge is -2.18. The van der Waals surface area contributed by atoms with Gasteiger partial charge >= 0.3 is 17.9 Å². The monoisotopic (exact) mass is 1060 g/mol. The molecule has 6 nitrogen and oxygen atoms in total. The number of ether oxygens (including phenoxy) is 3. The Kier molecular flexibility index (Phi) is 59.9. The van der Waals surface area contributed by atoms with Crippen LogP contribution in [0.25, 0.3) is 0 Å². The molecule has 0 aromatic rings. The van der Waals surface area contributed by atoms with Gasteiger partial charge in [0.1, 0.15) is 13.2 Å². The van der Waals surface area contributed by atoms with E-state index < -0.39 is 6.10 Å². The lowest BCUT2D eigenvalue weighted by atomic mass is 10.1. The van der Waals surface area contributed by atoms with E-state index in [0.29, 0.717) is 19.3 Å². The van der Waals surface area contributed by atoms with Crippen LogP contribution in [0, 0.1) is 0 Å². The average Bonchev–Trinajstić information content (AvgIpc) is 3.43. The minimum Gasteiger partial charge on any atom is -0.462 e. The molecule has 0 rings (SSSR count). The Labute approximate surface area is 474 Å². The summed E-state index contributed by atoms with van der Waals surface area (Å²) in [5.41, 5.74) is 0. The van der Waals surface area contributed by atoms with Gasteiger partial charge in [0.2, 0.25) is 0 Å². The molecule has 1 atom stereocenters. The van der Waals surface area contributed by atoms with Crippen LogP contribution >= 0.6 is 0 Å². The van der Waals surface area contributed by atoms with E-state index >= 15 is 0 Å².